The third-order valence-electron chi connectivity index (χ3n) is 2.95. The first kappa shape index (κ1) is 14.5. The molecule has 0 spiro atoms. The normalized spacial score (nSPS) is 11.0. The first-order valence-corrected chi connectivity index (χ1v) is 6.86. The van der Waals surface area contributed by atoms with Crippen molar-refractivity contribution in [3.63, 3.8) is 0 Å². The van der Waals surface area contributed by atoms with Crippen LogP contribution in [0.25, 0.3) is 0 Å². The highest BCUT2D eigenvalue weighted by Gasteiger charge is 2.08. The molecule has 0 atom stereocenters. The molecular formula is C15H21N3O2. The van der Waals surface area contributed by atoms with Crippen LogP contribution >= 0.6 is 0 Å². The number of rotatable bonds is 7. The van der Waals surface area contributed by atoms with E-state index >= 15 is 0 Å². The van der Waals surface area contributed by atoms with Crippen LogP contribution in [0, 0.1) is 12.8 Å². The van der Waals surface area contributed by atoms with E-state index in [9.17, 15) is 0 Å². The van der Waals surface area contributed by atoms with E-state index in [1.807, 2.05) is 25.1 Å². The summed E-state index contributed by atoms with van der Waals surface area (Å²) in [5.41, 5.74) is 2.64. The summed E-state index contributed by atoms with van der Waals surface area (Å²) < 4.78 is 10.5. The third-order valence-corrected chi connectivity index (χ3v) is 2.95. The lowest BCUT2D eigenvalue weighted by molar-refractivity contribution is 0.268. The SMILES string of the molecule is Cc1nonc1COc1ccccc1CNCC(C)C. The molecule has 0 aliphatic heterocycles. The molecule has 0 radical (unpaired) electrons. The summed E-state index contributed by atoms with van der Waals surface area (Å²) in [7, 11) is 0. The largest absolute Gasteiger partial charge is 0.487 e. The molecule has 2 aromatic rings. The zero-order valence-electron chi connectivity index (χ0n) is 12.2. The molecule has 1 heterocycles. The maximum absolute atomic E-state index is 5.82. The van der Waals surface area contributed by atoms with Crippen LogP contribution in [0.3, 0.4) is 0 Å². The average molecular weight is 275 g/mol. The van der Waals surface area contributed by atoms with Crippen LogP contribution in [-0.2, 0) is 13.2 Å². The molecule has 0 amide bonds. The number of hydrogen-bond donors (Lipinski definition) is 1. The van der Waals surface area contributed by atoms with E-state index < -0.39 is 0 Å². The summed E-state index contributed by atoms with van der Waals surface area (Å²) in [6, 6.07) is 8.02. The van der Waals surface area contributed by atoms with E-state index in [2.05, 4.69) is 40.2 Å². The zero-order valence-corrected chi connectivity index (χ0v) is 12.2. The van der Waals surface area contributed by atoms with Gasteiger partial charge < -0.3 is 10.1 Å². The number of benzene rings is 1. The number of aromatic nitrogens is 2. The molecule has 0 saturated heterocycles. The predicted octanol–water partition coefficient (Wildman–Crippen LogP) is 2.70. The van der Waals surface area contributed by atoms with E-state index in [4.69, 9.17) is 4.74 Å². The number of hydrogen-bond acceptors (Lipinski definition) is 5. The molecule has 0 aliphatic rings. The molecule has 0 aliphatic carbocycles. The highest BCUT2D eigenvalue weighted by molar-refractivity contribution is 5.33. The maximum atomic E-state index is 5.82. The number of ether oxygens (including phenoxy) is 1. The van der Waals surface area contributed by atoms with Gasteiger partial charge in [0, 0.05) is 12.1 Å². The maximum Gasteiger partial charge on any atom is 0.145 e. The predicted molar refractivity (Wildman–Crippen MR) is 76.4 cm³/mol. The average Bonchev–Trinajstić information content (AvgIpc) is 2.83. The lowest BCUT2D eigenvalue weighted by Crippen LogP contribution is -2.19. The minimum Gasteiger partial charge on any atom is -0.487 e. The van der Waals surface area contributed by atoms with Crippen LogP contribution in [0.5, 0.6) is 5.75 Å². The molecular weight excluding hydrogens is 254 g/mol. The van der Waals surface area contributed by atoms with Crippen molar-refractivity contribution in [1.82, 2.24) is 15.6 Å². The van der Waals surface area contributed by atoms with Crippen LogP contribution in [0.1, 0.15) is 30.8 Å². The molecule has 1 N–H and O–H groups in total. The molecule has 20 heavy (non-hydrogen) atoms. The van der Waals surface area contributed by atoms with Gasteiger partial charge in [-0.25, -0.2) is 4.63 Å². The monoisotopic (exact) mass is 275 g/mol. The van der Waals surface area contributed by atoms with Crippen LogP contribution in [0.2, 0.25) is 0 Å². The van der Waals surface area contributed by atoms with Crippen molar-refractivity contribution in [2.24, 2.45) is 5.92 Å². The van der Waals surface area contributed by atoms with E-state index in [0.29, 0.717) is 12.5 Å². The highest BCUT2D eigenvalue weighted by Crippen LogP contribution is 2.19. The van der Waals surface area contributed by atoms with Gasteiger partial charge in [-0.05, 0) is 25.5 Å². The Labute approximate surface area is 119 Å². The second-order valence-corrected chi connectivity index (χ2v) is 5.22. The first-order valence-electron chi connectivity index (χ1n) is 6.86. The van der Waals surface area contributed by atoms with Crippen molar-refractivity contribution in [1.29, 1.82) is 0 Å². The summed E-state index contributed by atoms with van der Waals surface area (Å²) in [5, 5.41) is 11.0. The summed E-state index contributed by atoms with van der Waals surface area (Å²) >= 11 is 0. The number of nitrogens with one attached hydrogen (secondary N) is 1. The van der Waals surface area contributed by atoms with E-state index in [1.54, 1.807) is 0 Å². The molecule has 2 rings (SSSR count). The Morgan fingerprint density at radius 2 is 2.05 bits per heavy atom. The fraction of sp³-hybridized carbons (Fsp3) is 0.467. The van der Waals surface area contributed by atoms with Gasteiger partial charge >= 0.3 is 0 Å². The Bertz CT molecular complexity index is 537. The number of para-hydroxylation sites is 1. The summed E-state index contributed by atoms with van der Waals surface area (Å²) in [6.45, 7) is 8.39. The second kappa shape index (κ2) is 7.05. The fourth-order valence-corrected chi connectivity index (χ4v) is 1.81. The van der Waals surface area contributed by atoms with Gasteiger partial charge in [0.15, 0.2) is 0 Å². The molecule has 1 aromatic carbocycles. The molecule has 0 bridgehead atoms. The van der Waals surface area contributed by atoms with Gasteiger partial charge in [-0.3, -0.25) is 0 Å². The minimum atomic E-state index is 0.372. The Kier molecular flexibility index (Phi) is 5.12. The van der Waals surface area contributed by atoms with Crippen molar-refractivity contribution >= 4 is 0 Å². The molecule has 5 heteroatoms. The molecule has 5 nitrogen and oxygen atoms in total. The highest BCUT2D eigenvalue weighted by atomic mass is 16.6. The van der Waals surface area contributed by atoms with Crippen molar-refractivity contribution in [3.05, 3.63) is 41.2 Å². The van der Waals surface area contributed by atoms with Gasteiger partial charge in [-0.15, -0.1) is 0 Å². The Morgan fingerprint density at radius 3 is 2.75 bits per heavy atom. The molecule has 0 saturated carbocycles. The molecule has 0 fully saturated rings. The Hall–Kier alpha value is -1.88. The van der Waals surface area contributed by atoms with Crippen molar-refractivity contribution in [2.45, 2.75) is 33.9 Å². The van der Waals surface area contributed by atoms with Gasteiger partial charge in [0.25, 0.3) is 0 Å². The van der Waals surface area contributed by atoms with Crippen molar-refractivity contribution < 1.29 is 9.37 Å². The Morgan fingerprint density at radius 1 is 1.25 bits per heavy atom. The topological polar surface area (TPSA) is 60.2 Å². The quantitative estimate of drug-likeness (QED) is 0.842. The fourth-order valence-electron chi connectivity index (χ4n) is 1.81. The summed E-state index contributed by atoms with van der Waals surface area (Å²) in [4.78, 5) is 0. The van der Waals surface area contributed by atoms with Crippen molar-refractivity contribution in [3.8, 4) is 5.75 Å². The Balaban J connectivity index is 1.95. The zero-order chi connectivity index (χ0) is 14.4. The second-order valence-electron chi connectivity index (χ2n) is 5.22. The smallest absolute Gasteiger partial charge is 0.145 e. The molecule has 108 valence electrons. The van der Waals surface area contributed by atoms with E-state index in [1.165, 1.54) is 0 Å². The molecule has 0 unspecified atom stereocenters. The van der Waals surface area contributed by atoms with Crippen LogP contribution < -0.4 is 10.1 Å². The van der Waals surface area contributed by atoms with E-state index in [0.717, 1.165) is 35.8 Å². The van der Waals surface area contributed by atoms with E-state index in [-0.39, 0.29) is 0 Å². The van der Waals surface area contributed by atoms with Gasteiger partial charge in [0.2, 0.25) is 0 Å². The standard InChI is InChI=1S/C15H21N3O2/c1-11(2)8-16-9-13-6-4-5-7-15(13)19-10-14-12(3)17-20-18-14/h4-7,11,16H,8-10H2,1-3H3. The van der Waals surface area contributed by atoms with Gasteiger partial charge in [0.05, 0.1) is 0 Å². The lowest BCUT2D eigenvalue weighted by atomic mass is 10.2. The van der Waals surface area contributed by atoms with Gasteiger partial charge in [-0.1, -0.05) is 42.4 Å². The van der Waals surface area contributed by atoms with Crippen LogP contribution in [0.15, 0.2) is 28.9 Å². The van der Waals surface area contributed by atoms with Crippen LogP contribution in [-0.4, -0.2) is 16.9 Å². The third kappa shape index (κ3) is 4.06. The van der Waals surface area contributed by atoms with Gasteiger partial charge in [0.1, 0.15) is 23.7 Å². The lowest BCUT2D eigenvalue weighted by Gasteiger charge is -2.12. The van der Waals surface area contributed by atoms with Gasteiger partial charge in [-0.2, -0.15) is 0 Å². The summed E-state index contributed by atoms with van der Waals surface area (Å²) in [5.74, 6) is 1.50. The minimum absolute atomic E-state index is 0.372. The van der Waals surface area contributed by atoms with Crippen molar-refractivity contribution in [2.75, 3.05) is 6.54 Å². The first-order chi connectivity index (χ1) is 9.66. The van der Waals surface area contributed by atoms with Crippen LogP contribution in [0.4, 0.5) is 0 Å². The molecule has 1 aromatic heterocycles. The summed E-state index contributed by atoms with van der Waals surface area (Å²) in [6.07, 6.45) is 0. The number of nitrogens with zero attached hydrogens (tertiary/aromatic N) is 2. The number of aryl methyl sites for hydroxylation is 1.